The summed E-state index contributed by atoms with van der Waals surface area (Å²) >= 11 is 0. The number of para-hydroxylation sites is 1. The van der Waals surface area contributed by atoms with Gasteiger partial charge in [-0.2, -0.15) is 0 Å². The van der Waals surface area contributed by atoms with E-state index in [0.717, 1.165) is 19.3 Å². The number of benzene rings is 1. The van der Waals surface area contributed by atoms with Gasteiger partial charge in [0.2, 0.25) is 5.91 Å². The van der Waals surface area contributed by atoms with Gasteiger partial charge in [-0.1, -0.05) is 39.3 Å². The molecule has 0 aliphatic rings. The number of hydrogen-bond acceptors (Lipinski definition) is 6. The van der Waals surface area contributed by atoms with E-state index in [0.29, 0.717) is 50.5 Å². The Kier molecular flexibility index (Phi) is 17.4. The SMILES string of the molecule is CCCCNC(=O)C(C)CC(O)C(N)CC(C)CNC(=O)c1ccccc1OCCCOC.Cl. The van der Waals surface area contributed by atoms with Crippen LogP contribution in [0, 0.1) is 11.8 Å². The summed E-state index contributed by atoms with van der Waals surface area (Å²) < 4.78 is 10.7. The number of carbonyl (C=O) groups excluding carboxylic acids is 2. The van der Waals surface area contributed by atoms with Crippen LogP contribution in [0.2, 0.25) is 0 Å². The second-order valence-electron chi connectivity index (χ2n) is 8.75. The van der Waals surface area contributed by atoms with Gasteiger partial charge in [0.05, 0.1) is 18.3 Å². The summed E-state index contributed by atoms with van der Waals surface area (Å²) in [6.07, 6.45) is 2.75. The van der Waals surface area contributed by atoms with Gasteiger partial charge in [0.1, 0.15) is 5.75 Å². The fourth-order valence-corrected chi connectivity index (χ4v) is 3.44. The molecule has 1 rings (SSSR count). The molecule has 0 fully saturated rings. The molecule has 0 aromatic heterocycles. The summed E-state index contributed by atoms with van der Waals surface area (Å²) in [7, 11) is 1.64. The molecule has 1 aromatic rings. The third kappa shape index (κ3) is 12.6. The number of aliphatic hydroxyl groups excluding tert-OH is 1. The number of rotatable bonds is 17. The van der Waals surface area contributed by atoms with E-state index in [4.69, 9.17) is 15.2 Å². The van der Waals surface area contributed by atoms with E-state index in [1.165, 1.54) is 0 Å². The highest BCUT2D eigenvalue weighted by Crippen LogP contribution is 2.19. The maximum atomic E-state index is 12.7. The number of halogens is 1. The van der Waals surface area contributed by atoms with Crippen LogP contribution in [0.25, 0.3) is 0 Å². The summed E-state index contributed by atoms with van der Waals surface area (Å²) in [4.78, 5) is 24.8. The minimum Gasteiger partial charge on any atom is -0.493 e. The first-order valence-electron chi connectivity index (χ1n) is 12.0. The Morgan fingerprint density at radius 2 is 1.79 bits per heavy atom. The Labute approximate surface area is 210 Å². The summed E-state index contributed by atoms with van der Waals surface area (Å²) in [6, 6.07) is 6.66. The van der Waals surface area contributed by atoms with Crippen LogP contribution in [0.3, 0.4) is 0 Å². The zero-order valence-electron chi connectivity index (χ0n) is 21.0. The number of nitrogens with two attached hydrogens (primary N) is 1. The van der Waals surface area contributed by atoms with Crippen molar-refractivity contribution < 1.29 is 24.2 Å². The highest BCUT2D eigenvalue weighted by molar-refractivity contribution is 5.96. The summed E-state index contributed by atoms with van der Waals surface area (Å²) in [6.45, 7) is 7.98. The second kappa shape index (κ2) is 18.5. The molecule has 4 unspecified atom stereocenters. The number of methoxy groups -OCH3 is 1. The predicted molar refractivity (Wildman–Crippen MR) is 137 cm³/mol. The predicted octanol–water partition coefficient (Wildman–Crippen LogP) is 2.91. The molecule has 0 bridgehead atoms. The van der Waals surface area contributed by atoms with Crippen molar-refractivity contribution in [3.05, 3.63) is 29.8 Å². The molecule has 34 heavy (non-hydrogen) atoms. The number of hydrogen-bond donors (Lipinski definition) is 4. The lowest BCUT2D eigenvalue weighted by Crippen LogP contribution is -2.41. The van der Waals surface area contributed by atoms with Crippen molar-refractivity contribution in [2.75, 3.05) is 33.4 Å². The van der Waals surface area contributed by atoms with Crippen molar-refractivity contribution in [1.29, 1.82) is 0 Å². The highest BCUT2D eigenvalue weighted by Gasteiger charge is 2.23. The van der Waals surface area contributed by atoms with Gasteiger partial charge >= 0.3 is 0 Å². The fourth-order valence-electron chi connectivity index (χ4n) is 3.44. The molecule has 0 saturated carbocycles. The highest BCUT2D eigenvalue weighted by atomic mass is 35.5. The zero-order chi connectivity index (χ0) is 24.6. The Bertz CT molecular complexity index is 707. The first-order valence-corrected chi connectivity index (χ1v) is 12.0. The average Bonchev–Trinajstić information content (AvgIpc) is 2.80. The minimum absolute atomic E-state index is 0. The zero-order valence-corrected chi connectivity index (χ0v) is 21.9. The van der Waals surface area contributed by atoms with Crippen molar-refractivity contribution in [3.63, 3.8) is 0 Å². The molecule has 1 aromatic carbocycles. The van der Waals surface area contributed by atoms with E-state index in [1.807, 2.05) is 13.0 Å². The van der Waals surface area contributed by atoms with Crippen molar-refractivity contribution >= 4 is 24.2 Å². The number of aliphatic hydroxyl groups is 1. The van der Waals surface area contributed by atoms with E-state index >= 15 is 0 Å². The van der Waals surface area contributed by atoms with E-state index in [2.05, 4.69) is 17.6 Å². The molecule has 2 amide bonds. The number of ether oxygens (including phenoxy) is 2. The Morgan fingerprint density at radius 3 is 2.47 bits per heavy atom. The van der Waals surface area contributed by atoms with Crippen LogP contribution in [0.15, 0.2) is 24.3 Å². The summed E-state index contributed by atoms with van der Waals surface area (Å²) in [5, 5.41) is 16.3. The van der Waals surface area contributed by atoms with Crippen LogP contribution in [0.1, 0.15) is 63.2 Å². The molecule has 8 nitrogen and oxygen atoms in total. The second-order valence-corrected chi connectivity index (χ2v) is 8.75. The maximum absolute atomic E-state index is 12.7. The lowest BCUT2D eigenvalue weighted by atomic mass is 9.92. The smallest absolute Gasteiger partial charge is 0.255 e. The van der Waals surface area contributed by atoms with Gasteiger partial charge in [-0.3, -0.25) is 9.59 Å². The third-order valence-electron chi connectivity index (χ3n) is 5.53. The van der Waals surface area contributed by atoms with E-state index in [1.54, 1.807) is 32.2 Å². The first kappa shape index (κ1) is 32.1. The molecule has 0 saturated heterocycles. The standard InChI is InChI=1S/C25H43N3O5.ClH/c1-5-6-12-27-24(30)19(3)16-22(29)21(26)15-18(2)17-28-25(31)20-10-7-8-11-23(20)33-14-9-13-32-4;/h7-8,10-11,18-19,21-22,29H,5-6,9,12-17,26H2,1-4H3,(H,27,30)(H,28,31);1H. The van der Waals surface area contributed by atoms with E-state index < -0.39 is 12.1 Å². The van der Waals surface area contributed by atoms with Gasteiger partial charge in [0.25, 0.3) is 5.91 Å². The van der Waals surface area contributed by atoms with Gasteiger partial charge in [0, 0.05) is 45.2 Å². The summed E-state index contributed by atoms with van der Waals surface area (Å²) in [5.41, 5.74) is 6.67. The molecule has 4 atom stereocenters. The fraction of sp³-hybridized carbons (Fsp3) is 0.680. The van der Waals surface area contributed by atoms with Gasteiger partial charge in [-0.15, -0.1) is 12.4 Å². The normalized spacial score (nSPS) is 14.3. The van der Waals surface area contributed by atoms with Crippen LogP contribution < -0.4 is 21.1 Å². The van der Waals surface area contributed by atoms with Crippen LogP contribution >= 0.6 is 12.4 Å². The lowest BCUT2D eigenvalue weighted by molar-refractivity contribution is -0.125. The van der Waals surface area contributed by atoms with Gasteiger partial charge in [-0.25, -0.2) is 0 Å². The minimum atomic E-state index is -0.781. The molecule has 0 radical (unpaired) electrons. The number of amides is 2. The Morgan fingerprint density at radius 1 is 1.09 bits per heavy atom. The van der Waals surface area contributed by atoms with Crippen molar-refractivity contribution in [3.8, 4) is 5.75 Å². The van der Waals surface area contributed by atoms with Crippen LogP contribution in [0.5, 0.6) is 5.75 Å². The van der Waals surface area contributed by atoms with Gasteiger partial charge in [0.15, 0.2) is 0 Å². The monoisotopic (exact) mass is 501 g/mol. The largest absolute Gasteiger partial charge is 0.493 e. The molecule has 0 aliphatic carbocycles. The topological polar surface area (TPSA) is 123 Å². The quantitative estimate of drug-likeness (QED) is 0.243. The van der Waals surface area contributed by atoms with Crippen LogP contribution in [-0.2, 0) is 9.53 Å². The number of nitrogens with one attached hydrogen (secondary N) is 2. The maximum Gasteiger partial charge on any atom is 0.255 e. The molecule has 9 heteroatoms. The van der Waals surface area contributed by atoms with Gasteiger partial charge in [-0.05, 0) is 37.3 Å². The number of unbranched alkanes of at least 4 members (excludes halogenated alkanes) is 1. The molecule has 0 spiro atoms. The van der Waals surface area contributed by atoms with Crippen LogP contribution in [-0.4, -0.2) is 62.5 Å². The number of carbonyl (C=O) groups is 2. The van der Waals surface area contributed by atoms with Crippen LogP contribution in [0.4, 0.5) is 0 Å². The van der Waals surface area contributed by atoms with Crippen molar-refractivity contribution in [2.45, 2.75) is 65.0 Å². The van der Waals surface area contributed by atoms with Gasteiger partial charge < -0.3 is 30.9 Å². The molecule has 0 aliphatic heterocycles. The Balaban J connectivity index is 0.0000109. The molecular weight excluding hydrogens is 458 g/mol. The van der Waals surface area contributed by atoms with E-state index in [9.17, 15) is 14.7 Å². The molecule has 196 valence electrons. The van der Waals surface area contributed by atoms with Crippen molar-refractivity contribution in [1.82, 2.24) is 10.6 Å². The molecule has 5 N–H and O–H groups in total. The Hall–Kier alpha value is -1.87. The summed E-state index contributed by atoms with van der Waals surface area (Å²) in [5.74, 6) is 0.0197. The van der Waals surface area contributed by atoms with Crippen molar-refractivity contribution in [2.24, 2.45) is 17.6 Å². The third-order valence-corrected chi connectivity index (χ3v) is 5.53. The molecule has 0 heterocycles. The molecular formula is C25H44ClN3O5. The average molecular weight is 502 g/mol. The first-order chi connectivity index (χ1) is 15.8. The lowest BCUT2D eigenvalue weighted by Gasteiger charge is -2.24. The van der Waals surface area contributed by atoms with E-state index in [-0.39, 0.29) is 36.1 Å².